The Morgan fingerprint density at radius 3 is 2.21 bits per heavy atom. The molecule has 0 aliphatic rings. The summed E-state index contributed by atoms with van der Waals surface area (Å²) < 4.78 is 28.1. The number of benzene rings is 2. The average molecular weight is 398 g/mol. The van der Waals surface area contributed by atoms with Gasteiger partial charge in [0.05, 0.1) is 11.6 Å². The van der Waals surface area contributed by atoms with Crippen molar-refractivity contribution in [2.75, 3.05) is 0 Å². The number of carbonyl (C=O) groups excluding carboxylic acids is 1. The number of rotatable bonds is 6. The van der Waals surface area contributed by atoms with Crippen molar-refractivity contribution in [1.82, 2.24) is 5.32 Å². The van der Waals surface area contributed by atoms with Crippen LogP contribution in [-0.4, -0.2) is 17.0 Å². The van der Waals surface area contributed by atoms with Crippen LogP contribution in [0.2, 0.25) is 0 Å². The number of hydrogen-bond donors (Lipinski definition) is 2. The van der Waals surface area contributed by atoms with E-state index in [9.17, 15) is 18.4 Å². The first-order valence-corrected chi connectivity index (χ1v) is 7.90. The Kier molecular flexibility index (Phi) is 6.03. The predicted molar refractivity (Wildman–Crippen MR) is 88.0 cm³/mol. The van der Waals surface area contributed by atoms with Crippen LogP contribution in [0, 0.1) is 11.6 Å². The van der Waals surface area contributed by atoms with Crippen molar-refractivity contribution in [2.24, 2.45) is 0 Å². The number of ketones is 1. The van der Waals surface area contributed by atoms with Gasteiger partial charge in [-0.25, -0.2) is 13.6 Å². The zero-order chi connectivity index (χ0) is 17.7. The molecule has 0 fully saturated rings. The molecule has 2 N–H and O–H groups in total. The summed E-state index contributed by atoms with van der Waals surface area (Å²) in [5, 5.41) is 11.3. The Bertz CT molecular complexity index is 730. The molecular formula is C17H14BrF2NO3. The van der Waals surface area contributed by atoms with Crippen LogP contribution in [0.1, 0.15) is 34.8 Å². The number of carbonyl (C=O) groups is 2. The van der Waals surface area contributed by atoms with Gasteiger partial charge >= 0.3 is 6.09 Å². The Labute approximate surface area is 145 Å². The summed E-state index contributed by atoms with van der Waals surface area (Å²) in [5.74, 6) is -2.56. The van der Waals surface area contributed by atoms with E-state index in [2.05, 4.69) is 21.2 Å². The molecule has 0 heterocycles. The first-order chi connectivity index (χ1) is 11.4. The summed E-state index contributed by atoms with van der Waals surface area (Å²) in [6.45, 7) is 0. The van der Waals surface area contributed by atoms with Crippen LogP contribution in [0.25, 0.3) is 0 Å². The van der Waals surface area contributed by atoms with Crippen molar-refractivity contribution in [3.05, 3.63) is 69.7 Å². The largest absolute Gasteiger partial charge is 0.465 e. The molecule has 0 unspecified atom stereocenters. The molecule has 0 saturated heterocycles. The van der Waals surface area contributed by atoms with E-state index in [0.717, 1.165) is 16.6 Å². The van der Waals surface area contributed by atoms with Gasteiger partial charge in [-0.1, -0.05) is 34.1 Å². The SMILES string of the molecule is O=C(O)N[C@H](CCC(=O)c1c(F)cccc1F)c1ccc(Br)cc1. The summed E-state index contributed by atoms with van der Waals surface area (Å²) in [6, 6.07) is 9.44. The van der Waals surface area contributed by atoms with Crippen molar-refractivity contribution in [3.8, 4) is 0 Å². The Morgan fingerprint density at radius 2 is 1.67 bits per heavy atom. The van der Waals surface area contributed by atoms with Crippen LogP contribution in [0.15, 0.2) is 46.9 Å². The standard InChI is InChI=1S/C17H14BrF2NO3/c18-11-6-4-10(5-7-11)14(21-17(23)24)8-9-15(22)16-12(19)2-1-3-13(16)20/h1-7,14,21H,8-9H2,(H,23,24)/t14-/m1/s1. The van der Waals surface area contributed by atoms with E-state index in [0.29, 0.717) is 5.56 Å². The second kappa shape index (κ2) is 8.01. The van der Waals surface area contributed by atoms with Gasteiger partial charge in [-0.15, -0.1) is 0 Å². The fourth-order valence-corrected chi connectivity index (χ4v) is 2.60. The maximum atomic E-state index is 13.6. The van der Waals surface area contributed by atoms with Crippen LogP contribution in [0.3, 0.4) is 0 Å². The molecule has 7 heteroatoms. The van der Waals surface area contributed by atoms with Gasteiger partial charge in [0.25, 0.3) is 0 Å². The first kappa shape index (κ1) is 18.1. The number of Topliss-reactive ketones (excluding diaryl/α,β-unsaturated/α-hetero) is 1. The van der Waals surface area contributed by atoms with Crippen molar-refractivity contribution in [3.63, 3.8) is 0 Å². The van der Waals surface area contributed by atoms with Gasteiger partial charge in [-0.05, 0) is 36.2 Å². The molecule has 0 saturated carbocycles. The molecule has 2 aromatic rings. The Balaban J connectivity index is 2.14. The average Bonchev–Trinajstić information content (AvgIpc) is 2.52. The number of halogens is 3. The molecule has 0 aliphatic heterocycles. The van der Waals surface area contributed by atoms with Gasteiger partial charge in [0.15, 0.2) is 5.78 Å². The minimum atomic E-state index is -1.24. The maximum absolute atomic E-state index is 13.6. The van der Waals surface area contributed by atoms with Crippen molar-refractivity contribution in [1.29, 1.82) is 0 Å². The van der Waals surface area contributed by atoms with E-state index in [-0.39, 0.29) is 12.8 Å². The minimum absolute atomic E-state index is 0.0839. The molecule has 2 rings (SSSR count). The lowest BCUT2D eigenvalue weighted by molar-refractivity contribution is 0.0966. The molecule has 4 nitrogen and oxygen atoms in total. The van der Waals surface area contributed by atoms with E-state index in [1.165, 1.54) is 6.07 Å². The first-order valence-electron chi connectivity index (χ1n) is 7.10. The highest BCUT2D eigenvalue weighted by Crippen LogP contribution is 2.23. The highest BCUT2D eigenvalue weighted by molar-refractivity contribution is 9.10. The molecule has 0 spiro atoms. The summed E-state index contributed by atoms with van der Waals surface area (Å²) in [7, 11) is 0. The fraction of sp³-hybridized carbons (Fsp3) is 0.176. The van der Waals surface area contributed by atoms with Crippen LogP contribution in [0.4, 0.5) is 13.6 Å². The molecule has 1 atom stereocenters. The van der Waals surface area contributed by atoms with Crippen molar-refractivity contribution >= 4 is 27.8 Å². The fourth-order valence-electron chi connectivity index (χ4n) is 2.33. The molecule has 126 valence electrons. The molecule has 24 heavy (non-hydrogen) atoms. The van der Waals surface area contributed by atoms with Gasteiger partial charge in [-0.2, -0.15) is 0 Å². The second-order valence-electron chi connectivity index (χ2n) is 5.11. The lowest BCUT2D eigenvalue weighted by Gasteiger charge is -2.17. The monoisotopic (exact) mass is 397 g/mol. The highest BCUT2D eigenvalue weighted by atomic mass is 79.9. The third kappa shape index (κ3) is 4.61. The van der Waals surface area contributed by atoms with E-state index < -0.39 is 35.1 Å². The lowest BCUT2D eigenvalue weighted by Crippen LogP contribution is -2.27. The van der Waals surface area contributed by atoms with Gasteiger partial charge in [0.1, 0.15) is 11.6 Å². The zero-order valence-electron chi connectivity index (χ0n) is 12.4. The quantitative estimate of drug-likeness (QED) is 0.694. The molecular weight excluding hydrogens is 384 g/mol. The lowest BCUT2D eigenvalue weighted by atomic mass is 9.98. The van der Waals surface area contributed by atoms with Crippen molar-refractivity contribution < 1.29 is 23.5 Å². The van der Waals surface area contributed by atoms with E-state index in [1.54, 1.807) is 24.3 Å². The van der Waals surface area contributed by atoms with Crippen LogP contribution < -0.4 is 5.32 Å². The third-order valence-electron chi connectivity index (χ3n) is 3.47. The molecule has 0 radical (unpaired) electrons. The molecule has 0 aliphatic carbocycles. The Morgan fingerprint density at radius 1 is 1.08 bits per heavy atom. The Hall–Kier alpha value is -2.28. The number of amides is 1. The number of hydrogen-bond acceptors (Lipinski definition) is 2. The van der Waals surface area contributed by atoms with Gasteiger partial charge in [-0.3, -0.25) is 4.79 Å². The van der Waals surface area contributed by atoms with E-state index >= 15 is 0 Å². The summed E-state index contributed by atoms with van der Waals surface area (Å²) in [5.41, 5.74) is 0.0600. The van der Waals surface area contributed by atoms with Gasteiger partial charge in [0, 0.05) is 10.9 Å². The van der Waals surface area contributed by atoms with E-state index in [4.69, 9.17) is 5.11 Å². The van der Waals surface area contributed by atoms with Gasteiger partial charge < -0.3 is 10.4 Å². The summed E-state index contributed by atoms with van der Waals surface area (Å²) >= 11 is 3.28. The topological polar surface area (TPSA) is 66.4 Å². The van der Waals surface area contributed by atoms with E-state index in [1.807, 2.05) is 0 Å². The van der Waals surface area contributed by atoms with Crippen molar-refractivity contribution in [2.45, 2.75) is 18.9 Å². The maximum Gasteiger partial charge on any atom is 0.405 e. The third-order valence-corrected chi connectivity index (χ3v) is 4.00. The van der Waals surface area contributed by atoms with Crippen LogP contribution in [0.5, 0.6) is 0 Å². The predicted octanol–water partition coefficient (Wildman–Crippen LogP) is 4.70. The van der Waals surface area contributed by atoms with Crippen LogP contribution >= 0.6 is 15.9 Å². The molecule has 1 amide bonds. The number of carboxylic acid groups (broad SMARTS) is 1. The summed E-state index contributed by atoms with van der Waals surface area (Å²) in [4.78, 5) is 23.0. The molecule has 2 aromatic carbocycles. The minimum Gasteiger partial charge on any atom is -0.465 e. The normalized spacial score (nSPS) is 11.8. The zero-order valence-corrected chi connectivity index (χ0v) is 14.0. The second-order valence-corrected chi connectivity index (χ2v) is 6.03. The number of nitrogens with one attached hydrogen (secondary N) is 1. The highest BCUT2D eigenvalue weighted by Gasteiger charge is 2.20. The summed E-state index contributed by atoms with van der Waals surface area (Å²) in [6.07, 6.45) is -1.35. The van der Waals surface area contributed by atoms with Crippen LogP contribution in [-0.2, 0) is 0 Å². The smallest absolute Gasteiger partial charge is 0.405 e. The molecule has 0 bridgehead atoms. The van der Waals surface area contributed by atoms with Gasteiger partial charge in [0.2, 0.25) is 0 Å². The molecule has 0 aromatic heterocycles.